The molecule has 0 atom stereocenters. The fourth-order valence-corrected chi connectivity index (χ4v) is 1.87. The average molecular weight is 213 g/mol. The van der Waals surface area contributed by atoms with Gasteiger partial charge >= 0.3 is 0 Å². The van der Waals surface area contributed by atoms with Crippen molar-refractivity contribution in [3.8, 4) is 0 Å². The lowest BCUT2D eigenvalue weighted by atomic mass is 9.96. The molecular formula is C13H13OSi. The molecule has 1 nitrogen and oxygen atoms in total. The van der Waals surface area contributed by atoms with Crippen LogP contribution >= 0.6 is 0 Å². The molecule has 15 heavy (non-hydrogen) atoms. The van der Waals surface area contributed by atoms with E-state index >= 15 is 0 Å². The summed E-state index contributed by atoms with van der Waals surface area (Å²) in [5, 5.41) is 13.3. The lowest BCUT2D eigenvalue weighted by molar-refractivity contribution is 0.0787. The molecule has 0 unspecified atom stereocenters. The third-order valence-electron chi connectivity index (χ3n) is 2.55. The summed E-state index contributed by atoms with van der Waals surface area (Å²) >= 11 is 0. The highest BCUT2D eigenvalue weighted by Gasteiger charge is 2.15. The summed E-state index contributed by atoms with van der Waals surface area (Å²) in [5.74, 6) is 0. The van der Waals surface area contributed by atoms with Gasteiger partial charge in [0.2, 0.25) is 0 Å². The van der Waals surface area contributed by atoms with E-state index in [1.807, 2.05) is 30.3 Å². The Morgan fingerprint density at radius 1 is 1.00 bits per heavy atom. The maximum atomic E-state index is 9.89. The van der Waals surface area contributed by atoms with E-state index in [4.69, 9.17) is 0 Å². The molecule has 0 bridgehead atoms. The van der Waals surface area contributed by atoms with E-state index in [-0.39, 0.29) is 0 Å². The highest BCUT2D eigenvalue weighted by atomic mass is 28.1. The van der Waals surface area contributed by atoms with E-state index in [1.54, 1.807) is 13.8 Å². The van der Waals surface area contributed by atoms with Crippen LogP contribution < -0.4 is 5.19 Å². The SMILES string of the molecule is CC(C)(O)c1ccc2cc([Si])ccc2c1. The number of benzene rings is 2. The van der Waals surface area contributed by atoms with Crippen molar-refractivity contribution in [2.24, 2.45) is 0 Å². The van der Waals surface area contributed by atoms with Crippen molar-refractivity contribution in [1.29, 1.82) is 0 Å². The van der Waals surface area contributed by atoms with E-state index in [9.17, 15) is 5.11 Å². The second-order valence-electron chi connectivity index (χ2n) is 4.34. The standard InChI is InChI=1S/C13H13OSi/c1-13(2,14)11-5-3-10-8-12(15)6-4-9(10)7-11/h3-8,14H,1-2H3. The van der Waals surface area contributed by atoms with Crippen LogP contribution in [-0.2, 0) is 5.60 Å². The van der Waals surface area contributed by atoms with Crippen molar-refractivity contribution in [3.63, 3.8) is 0 Å². The van der Waals surface area contributed by atoms with Crippen LogP contribution in [0.1, 0.15) is 19.4 Å². The largest absolute Gasteiger partial charge is 0.386 e. The summed E-state index contributed by atoms with van der Waals surface area (Å²) in [6.07, 6.45) is 0. The molecule has 2 aromatic carbocycles. The molecule has 0 fully saturated rings. The van der Waals surface area contributed by atoms with Gasteiger partial charge in [-0.2, -0.15) is 0 Å². The molecule has 0 aliphatic heterocycles. The number of hydrogen-bond acceptors (Lipinski definition) is 1. The molecule has 0 heterocycles. The molecule has 3 radical (unpaired) electrons. The lowest BCUT2D eigenvalue weighted by Crippen LogP contribution is -2.15. The zero-order valence-corrected chi connectivity index (χ0v) is 9.91. The van der Waals surface area contributed by atoms with Crippen LogP contribution in [0.4, 0.5) is 0 Å². The highest BCUT2D eigenvalue weighted by molar-refractivity contribution is 6.33. The van der Waals surface area contributed by atoms with Crippen LogP contribution in [0.15, 0.2) is 36.4 Å². The zero-order valence-electron chi connectivity index (χ0n) is 8.91. The molecule has 0 amide bonds. The Hall–Kier alpha value is -1.12. The van der Waals surface area contributed by atoms with Gasteiger partial charge in [-0.05, 0) is 36.2 Å². The minimum atomic E-state index is -0.777. The van der Waals surface area contributed by atoms with E-state index < -0.39 is 5.60 Å². The minimum Gasteiger partial charge on any atom is -0.386 e. The molecule has 75 valence electrons. The van der Waals surface area contributed by atoms with Gasteiger partial charge in [0.25, 0.3) is 0 Å². The molecule has 0 aliphatic carbocycles. The molecule has 0 aliphatic rings. The normalized spacial score (nSPS) is 12.0. The van der Waals surface area contributed by atoms with Crippen LogP contribution in [0.2, 0.25) is 0 Å². The third kappa shape index (κ3) is 2.11. The fraction of sp³-hybridized carbons (Fsp3) is 0.231. The summed E-state index contributed by atoms with van der Waals surface area (Å²) in [5.41, 5.74) is 0.164. The molecule has 0 saturated carbocycles. The second-order valence-corrected chi connectivity index (χ2v) is 4.91. The molecule has 2 aromatic rings. The van der Waals surface area contributed by atoms with Crippen LogP contribution in [-0.4, -0.2) is 15.3 Å². The van der Waals surface area contributed by atoms with E-state index in [1.165, 1.54) is 5.39 Å². The number of rotatable bonds is 1. The van der Waals surface area contributed by atoms with Crippen LogP contribution in [0.5, 0.6) is 0 Å². The lowest BCUT2D eigenvalue weighted by Gasteiger charge is -2.18. The van der Waals surface area contributed by atoms with E-state index in [0.29, 0.717) is 0 Å². The van der Waals surface area contributed by atoms with Crippen molar-refractivity contribution in [2.75, 3.05) is 0 Å². The molecule has 0 spiro atoms. The highest BCUT2D eigenvalue weighted by Crippen LogP contribution is 2.23. The Morgan fingerprint density at radius 2 is 1.60 bits per heavy atom. The van der Waals surface area contributed by atoms with Crippen LogP contribution in [0.25, 0.3) is 10.8 Å². The Kier molecular flexibility index (Phi) is 2.41. The molecular weight excluding hydrogens is 200 g/mol. The van der Waals surface area contributed by atoms with Gasteiger partial charge in [0.05, 0.1) is 15.8 Å². The first-order chi connectivity index (χ1) is 6.97. The predicted molar refractivity (Wildman–Crippen MR) is 64.6 cm³/mol. The first-order valence-corrected chi connectivity index (χ1v) is 5.45. The van der Waals surface area contributed by atoms with E-state index in [0.717, 1.165) is 16.1 Å². The van der Waals surface area contributed by atoms with Gasteiger partial charge in [0.15, 0.2) is 0 Å². The Morgan fingerprint density at radius 3 is 2.27 bits per heavy atom. The van der Waals surface area contributed by atoms with Gasteiger partial charge in [0.1, 0.15) is 0 Å². The van der Waals surface area contributed by atoms with Gasteiger partial charge in [-0.1, -0.05) is 35.5 Å². The minimum absolute atomic E-state index is 0.777. The monoisotopic (exact) mass is 213 g/mol. The quantitative estimate of drug-likeness (QED) is 0.717. The molecule has 0 aromatic heterocycles. The second kappa shape index (κ2) is 3.47. The zero-order chi connectivity index (χ0) is 11.1. The first-order valence-electron chi connectivity index (χ1n) is 4.95. The van der Waals surface area contributed by atoms with Crippen LogP contribution in [0, 0.1) is 0 Å². The molecule has 0 saturated heterocycles. The summed E-state index contributed by atoms with van der Waals surface area (Å²) in [6, 6.07) is 12.2. The summed E-state index contributed by atoms with van der Waals surface area (Å²) < 4.78 is 0. The average Bonchev–Trinajstić information content (AvgIpc) is 2.15. The maximum Gasteiger partial charge on any atom is 0.0840 e. The van der Waals surface area contributed by atoms with Crippen molar-refractivity contribution in [2.45, 2.75) is 19.4 Å². The van der Waals surface area contributed by atoms with Crippen molar-refractivity contribution >= 4 is 26.2 Å². The third-order valence-corrected chi connectivity index (χ3v) is 2.86. The van der Waals surface area contributed by atoms with Gasteiger partial charge in [-0.3, -0.25) is 0 Å². The summed E-state index contributed by atoms with van der Waals surface area (Å²) in [7, 11) is 3.49. The smallest absolute Gasteiger partial charge is 0.0840 e. The molecule has 2 heteroatoms. The van der Waals surface area contributed by atoms with Gasteiger partial charge < -0.3 is 5.11 Å². The van der Waals surface area contributed by atoms with Crippen molar-refractivity contribution in [3.05, 3.63) is 42.0 Å². The Labute approximate surface area is 93.2 Å². The maximum absolute atomic E-state index is 9.89. The number of aliphatic hydroxyl groups is 1. The topological polar surface area (TPSA) is 20.2 Å². The van der Waals surface area contributed by atoms with Gasteiger partial charge in [-0.25, -0.2) is 0 Å². The van der Waals surface area contributed by atoms with Gasteiger partial charge in [-0.15, -0.1) is 0 Å². The molecule has 1 N–H and O–H groups in total. The fourth-order valence-electron chi connectivity index (χ4n) is 1.63. The van der Waals surface area contributed by atoms with Gasteiger partial charge in [0, 0.05) is 0 Å². The Balaban J connectivity index is 2.62. The van der Waals surface area contributed by atoms with Crippen LogP contribution in [0.3, 0.4) is 0 Å². The number of hydrogen-bond donors (Lipinski definition) is 1. The van der Waals surface area contributed by atoms with E-state index in [2.05, 4.69) is 16.3 Å². The predicted octanol–water partition coefficient (Wildman–Crippen LogP) is 1.86. The summed E-state index contributed by atoms with van der Waals surface area (Å²) in [6.45, 7) is 3.60. The number of fused-ring (bicyclic) bond motifs is 1. The molecule has 2 rings (SSSR count). The first kappa shape index (κ1) is 10.4. The van der Waals surface area contributed by atoms with Crippen molar-refractivity contribution < 1.29 is 5.11 Å². The Bertz CT molecular complexity index is 497. The van der Waals surface area contributed by atoms with Crippen molar-refractivity contribution in [1.82, 2.24) is 0 Å². The summed E-state index contributed by atoms with van der Waals surface area (Å²) in [4.78, 5) is 0.